The summed E-state index contributed by atoms with van der Waals surface area (Å²) in [6, 6.07) is 24.5. The third kappa shape index (κ3) is 5.68. The van der Waals surface area contributed by atoms with Crippen LogP contribution in [0.4, 0.5) is 10.7 Å². The lowest BCUT2D eigenvalue weighted by molar-refractivity contribution is 0.0696. The number of anilines is 2. The van der Waals surface area contributed by atoms with Crippen LogP contribution in [-0.4, -0.2) is 28.3 Å². The van der Waals surface area contributed by atoms with E-state index >= 15 is 0 Å². The molecule has 180 valence electrons. The zero-order valence-electron chi connectivity index (χ0n) is 18.2. The van der Waals surface area contributed by atoms with Crippen molar-refractivity contribution in [3.8, 4) is 0 Å². The van der Waals surface area contributed by atoms with Crippen molar-refractivity contribution < 1.29 is 27.1 Å². The number of thiophene rings is 1. The molecule has 4 rings (SSSR count). The SMILES string of the molecule is O=C(O)c1cccc(CCc2cccc(N(c3ccc(S(=O)(=O)c4ccccc4)s3)S(=O)[O-])c2)c1. The van der Waals surface area contributed by atoms with Crippen LogP contribution in [0.2, 0.25) is 0 Å². The number of sulfone groups is 1. The molecule has 1 unspecified atom stereocenters. The van der Waals surface area contributed by atoms with Gasteiger partial charge in [0.1, 0.15) is 9.21 Å². The average Bonchev–Trinajstić information content (AvgIpc) is 3.34. The van der Waals surface area contributed by atoms with Gasteiger partial charge in [0.25, 0.3) is 0 Å². The molecule has 0 aliphatic heterocycles. The van der Waals surface area contributed by atoms with Gasteiger partial charge >= 0.3 is 5.97 Å². The molecule has 7 nitrogen and oxygen atoms in total. The first-order chi connectivity index (χ1) is 16.8. The summed E-state index contributed by atoms with van der Waals surface area (Å²) in [6.07, 6.45) is 1.14. The van der Waals surface area contributed by atoms with Crippen molar-refractivity contribution in [1.82, 2.24) is 0 Å². The minimum Gasteiger partial charge on any atom is -0.755 e. The summed E-state index contributed by atoms with van der Waals surface area (Å²) < 4.78 is 51.2. The molecule has 4 aromatic rings. The van der Waals surface area contributed by atoms with Gasteiger partial charge in [-0.3, -0.25) is 8.51 Å². The van der Waals surface area contributed by atoms with Crippen LogP contribution in [0.15, 0.2) is 100 Å². The number of carboxylic acid groups (broad SMARTS) is 1. The smallest absolute Gasteiger partial charge is 0.335 e. The lowest BCUT2D eigenvalue weighted by Crippen LogP contribution is -2.18. The zero-order chi connectivity index (χ0) is 25.0. The third-order valence-electron chi connectivity index (χ3n) is 5.26. The standard InChI is InChI=1S/C25H21NO6S3/c27-25(28)20-8-4-6-18(16-20)12-13-19-7-5-9-21(17-19)26(34(29)30)23-14-15-24(33-23)35(31,32)22-10-2-1-3-11-22/h1-11,14-17H,12-13H2,(H,27,28)(H,29,30)/p-1. The van der Waals surface area contributed by atoms with E-state index in [1.807, 2.05) is 12.1 Å². The molecular formula is C25H20NO6S3-. The van der Waals surface area contributed by atoms with Gasteiger partial charge in [-0.15, -0.1) is 11.3 Å². The van der Waals surface area contributed by atoms with E-state index in [0.717, 1.165) is 26.8 Å². The normalized spacial score (nSPS) is 12.3. The first-order valence-corrected chi connectivity index (χ1v) is 13.8. The number of hydrogen-bond acceptors (Lipinski definition) is 6. The summed E-state index contributed by atoms with van der Waals surface area (Å²) in [5.41, 5.74) is 2.30. The molecule has 0 fully saturated rings. The van der Waals surface area contributed by atoms with E-state index in [0.29, 0.717) is 18.5 Å². The van der Waals surface area contributed by atoms with Gasteiger partial charge in [-0.05, 0) is 72.5 Å². The monoisotopic (exact) mass is 526 g/mol. The summed E-state index contributed by atoms with van der Waals surface area (Å²) in [6.45, 7) is 0. The summed E-state index contributed by atoms with van der Waals surface area (Å²) in [7, 11) is -3.77. The number of benzene rings is 3. The molecule has 0 saturated heterocycles. The minimum absolute atomic E-state index is 0.0450. The van der Waals surface area contributed by atoms with E-state index in [4.69, 9.17) is 5.11 Å². The van der Waals surface area contributed by atoms with Gasteiger partial charge in [0.2, 0.25) is 9.84 Å². The van der Waals surface area contributed by atoms with E-state index in [1.54, 1.807) is 48.5 Å². The highest BCUT2D eigenvalue weighted by molar-refractivity contribution is 7.93. The van der Waals surface area contributed by atoms with E-state index < -0.39 is 27.1 Å². The Morgan fingerprint density at radius 3 is 2.20 bits per heavy atom. The first-order valence-electron chi connectivity index (χ1n) is 10.5. The van der Waals surface area contributed by atoms with E-state index in [9.17, 15) is 22.0 Å². The second-order valence-corrected chi connectivity index (χ2v) is 11.6. The van der Waals surface area contributed by atoms with Gasteiger partial charge in [-0.2, -0.15) is 0 Å². The minimum atomic E-state index is -3.77. The van der Waals surface area contributed by atoms with Crippen LogP contribution in [0.5, 0.6) is 0 Å². The molecule has 0 spiro atoms. The summed E-state index contributed by atoms with van der Waals surface area (Å²) in [4.78, 5) is 11.3. The Morgan fingerprint density at radius 1 is 0.886 bits per heavy atom. The van der Waals surface area contributed by atoms with Gasteiger partial charge in [-0.1, -0.05) is 42.5 Å². The molecule has 0 saturated carbocycles. The van der Waals surface area contributed by atoms with Crippen molar-refractivity contribution in [2.75, 3.05) is 4.31 Å². The van der Waals surface area contributed by atoms with E-state index in [1.165, 1.54) is 30.3 Å². The summed E-state index contributed by atoms with van der Waals surface area (Å²) in [5, 5.41) is 9.42. The fraction of sp³-hybridized carbons (Fsp3) is 0.0800. The largest absolute Gasteiger partial charge is 0.755 e. The maximum absolute atomic E-state index is 12.9. The van der Waals surface area contributed by atoms with Crippen LogP contribution in [0.25, 0.3) is 0 Å². The van der Waals surface area contributed by atoms with Gasteiger partial charge in [0.05, 0.1) is 27.4 Å². The lowest BCUT2D eigenvalue weighted by atomic mass is 10.0. The molecule has 0 bridgehead atoms. The lowest BCUT2D eigenvalue weighted by Gasteiger charge is -2.25. The van der Waals surface area contributed by atoms with Crippen LogP contribution in [-0.2, 0) is 33.9 Å². The molecule has 1 atom stereocenters. The molecule has 1 aromatic heterocycles. The molecule has 0 aliphatic rings. The Balaban J connectivity index is 1.58. The highest BCUT2D eigenvalue weighted by Crippen LogP contribution is 2.37. The van der Waals surface area contributed by atoms with Crippen LogP contribution >= 0.6 is 11.3 Å². The molecule has 35 heavy (non-hydrogen) atoms. The predicted octanol–water partition coefficient (Wildman–Crippen LogP) is 5.00. The number of nitrogens with zero attached hydrogens (tertiary/aromatic N) is 1. The van der Waals surface area contributed by atoms with E-state index in [2.05, 4.69) is 0 Å². The van der Waals surface area contributed by atoms with Crippen LogP contribution in [0.3, 0.4) is 0 Å². The molecule has 0 radical (unpaired) electrons. The predicted molar refractivity (Wildman–Crippen MR) is 135 cm³/mol. The quantitative estimate of drug-likeness (QED) is 0.307. The number of aromatic carboxylic acids is 1. The fourth-order valence-corrected chi connectivity index (χ4v) is 6.99. The van der Waals surface area contributed by atoms with Crippen LogP contribution in [0.1, 0.15) is 21.5 Å². The van der Waals surface area contributed by atoms with Crippen molar-refractivity contribution in [3.63, 3.8) is 0 Å². The summed E-state index contributed by atoms with van der Waals surface area (Å²) >= 11 is -1.81. The fourth-order valence-electron chi connectivity index (χ4n) is 3.55. The average molecular weight is 527 g/mol. The van der Waals surface area contributed by atoms with Crippen LogP contribution in [0, 0.1) is 0 Å². The highest BCUT2D eigenvalue weighted by Gasteiger charge is 2.22. The van der Waals surface area contributed by atoms with Crippen molar-refractivity contribution in [2.24, 2.45) is 0 Å². The molecule has 1 N–H and O–H groups in total. The maximum Gasteiger partial charge on any atom is 0.335 e. The Morgan fingerprint density at radius 2 is 1.54 bits per heavy atom. The second kappa shape index (κ2) is 10.5. The Hall–Kier alpha value is -3.31. The Labute approximate surface area is 209 Å². The molecule has 0 aliphatic carbocycles. The number of carboxylic acids is 1. The maximum atomic E-state index is 12.9. The summed E-state index contributed by atoms with van der Waals surface area (Å²) in [5.74, 6) is -0.994. The zero-order valence-corrected chi connectivity index (χ0v) is 20.7. The van der Waals surface area contributed by atoms with E-state index in [-0.39, 0.29) is 19.7 Å². The van der Waals surface area contributed by atoms with Crippen LogP contribution < -0.4 is 4.31 Å². The topological polar surface area (TPSA) is 115 Å². The van der Waals surface area contributed by atoms with Crippen molar-refractivity contribution in [3.05, 3.63) is 108 Å². The molecular weight excluding hydrogens is 506 g/mol. The second-order valence-electron chi connectivity index (χ2n) is 7.60. The molecule has 10 heteroatoms. The van der Waals surface area contributed by atoms with Crippen molar-refractivity contribution in [2.45, 2.75) is 21.9 Å². The molecule has 3 aromatic carbocycles. The highest BCUT2D eigenvalue weighted by atomic mass is 32.2. The number of carbonyl (C=O) groups is 1. The Kier molecular flexibility index (Phi) is 7.46. The molecule has 1 heterocycles. The number of rotatable bonds is 9. The number of hydrogen-bond donors (Lipinski definition) is 1. The third-order valence-corrected chi connectivity index (χ3v) is 9.41. The van der Waals surface area contributed by atoms with Gasteiger partial charge < -0.3 is 9.66 Å². The van der Waals surface area contributed by atoms with Crippen molar-refractivity contribution in [1.29, 1.82) is 0 Å². The number of aryl methyl sites for hydroxylation is 2. The van der Waals surface area contributed by atoms with Crippen molar-refractivity contribution >= 4 is 49.1 Å². The van der Waals surface area contributed by atoms with Gasteiger partial charge in [0, 0.05) is 0 Å². The van der Waals surface area contributed by atoms with Gasteiger partial charge in [-0.25, -0.2) is 13.2 Å². The Bertz CT molecular complexity index is 1480. The molecule has 0 amide bonds. The van der Waals surface area contributed by atoms with Gasteiger partial charge in [0.15, 0.2) is 0 Å². The first kappa shape index (κ1) is 24.8.